The van der Waals surface area contributed by atoms with Gasteiger partial charge in [0.25, 0.3) is 5.91 Å². The molecule has 184 valence electrons. The maximum absolute atomic E-state index is 13.3. The number of anilines is 2. The van der Waals surface area contributed by atoms with Gasteiger partial charge >= 0.3 is 6.18 Å². The highest BCUT2D eigenvalue weighted by Crippen LogP contribution is 2.49. The normalized spacial score (nSPS) is 14.5. The Balaban J connectivity index is 1.37. The number of imidazole rings is 1. The van der Waals surface area contributed by atoms with Crippen LogP contribution in [0.1, 0.15) is 40.0 Å². The number of H-pyrrole nitrogens is 1. The molecule has 12 heteroatoms. The number of halogens is 4. The van der Waals surface area contributed by atoms with Crippen molar-refractivity contribution in [3.8, 4) is 0 Å². The quantitative estimate of drug-likeness (QED) is 0.336. The number of aromatic amines is 1. The molecule has 0 atom stereocenters. The van der Waals surface area contributed by atoms with Crippen molar-refractivity contribution in [1.82, 2.24) is 19.9 Å². The number of carbonyl (C=O) groups is 2. The molecule has 0 spiro atoms. The van der Waals surface area contributed by atoms with E-state index in [1.54, 1.807) is 13.0 Å². The molecule has 36 heavy (non-hydrogen) atoms. The molecule has 4 aromatic rings. The first-order chi connectivity index (χ1) is 17.1. The Morgan fingerprint density at radius 1 is 1.06 bits per heavy atom. The fourth-order valence-electron chi connectivity index (χ4n) is 3.99. The molecule has 1 aliphatic rings. The molecule has 2 aromatic heterocycles. The minimum absolute atomic E-state index is 0.0628. The molecule has 1 saturated carbocycles. The molecular weight excluding hydrogens is 497 g/mol. The van der Waals surface area contributed by atoms with Crippen molar-refractivity contribution in [3.63, 3.8) is 0 Å². The second-order valence-corrected chi connectivity index (χ2v) is 8.94. The van der Waals surface area contributed by atoms with Crippen molar-refractivity contribution in [2.45, 2.75) is 31.4 Å². The van der Waals surface area contributed by atoms with E-state index < -0.39 is 28.1 Å². The third kappa shape index (κ3) is 4.26. The van der Waals surface area contributed by atoms with E-state index in [4.69, 9.17) is 11.6 Å². The Labute approximate surface area is 207 Å². The van der Waals surface area contributed by atoms with Crippen molar-refractivity contribution >= 4 is 46.0 Å². The van der Waals surface area contributed by atoms with Gasteiger partial charge in [-0.05, 0) is 55.7 Å². The van der Waals surface area contributed by atoms with Crippen LogP contribution in [0.3, 0.4) is 0 Å². The van der Waals surface area contributed by atoms with Crippen LogP contribution >= 0.6 is 11.6 Å². The highest BCUT2D eigenvalue weighted by molar-refractivity contribution is 6.31. The molecule has 0 unspecified atom stereocenters. The molecule has 0 saturated heterocycles. The molecule has 8 nitrogen and oxygen atoms in total. The number of aromatic nitrogens is 4. The zero-order valence-corrected chi connectivity index (χ0v) is 19.5. The SMILES string of the molecule is Cc1ccc(C(=O)Nc2ccc(Cl)c(C(F)(F)F)c2)cc1NC(=O)C1(c2ncnc3nc[nH]c23)CC1. The molecule has 1 aliphatic carbocycles. The van der Waals surface area contributed by atoms with Crippen LogP contribution in [0.2, 0.25) is 5.02 Å². The Morgan fingerprint density at radius 3 is 2.56 bits per heavy atom. The van der Waals surface area contributed by atoms with Crippen molar-refractivity contribution < 1.29 is 22.8 Å². The Bertz CT molecular complexity index is 1510. The van der Waals surface area contributed by atoms with Gasteiger partial charge in [-0.3, -0.25) is 9.59 Å². The monoisotopic (exact) mass is 514 g/mol. The highest BCUT2D eigenvalue weighted by atomic mass is 35.5. The zero-order chi connectivity index (χ0) is 25.7. The molecule has 2 aromatic carbocycles. The van der Waals surface area contributed by atoms with Crippen LogP contribution in [-0.4, -0.2) is 31.8 Å². The molecule has 2 heterocycles. The molecule has 0 radical (unpaired) electrons. The minimum Gasteiger partial charge on any atom is -0.342 e. The summed E-state index contributed by atoms with van der Waals surface area (Å²) >= 11 is 5.65. The lowest BCUT2D eigenvalue weighted by Gasteiger charge is -2.17. The molecular formula is C24H18ClF3N6O2. The second-order valence-electron chi connectivity index (χ2n) is 8.54. The Kier molecular flexibility index (Phi) is 5.67. The highest BCUT2D eigenvalue weighted by Gasteiger charge is 2.54. The first-order valence-electron chi connectivity index (χ1n) is 10.8. The molecule has 0 bridgehead atoms. The van der Waals surface area contributed by atoms with E-state index in [0.717, 1.165) is 12.1 Å². The summed E-state index contributed by atoms with van der Waals surface area (Å²) < 4.78 is 39.4. The van der Waals surface area contributed by atoms with Gasteiger partial charge in [0.1, 0.15) is 11.8 Å². The second kappa shape index (κ2) is 8.59. The number of fused-ring (bicyclic) bond motifs is 1. The molecule has 2 amide bonds. The van der Waals surface area contributed by atoms with E-state index in [1.807, 2.05) is 0 Å². The van der Waals surface area contributed by atoms with E-state index >= 15 is 0 Å². The average molecular weight is 515 g/mol. The van der Waals surface area contributed by atoms with Crippen LogP contribution in [0.25, 0.3) is 11.2 Å². The van der Waals surface area contributed by atoms with Crippen molar-refractivity contribution in [2.75, 3.05) is 10.6 Å². The van der Waals surface area contributed by atoms with Crippen LogP contribution in [0.4, 0.5) is 24.5 Å². The largest absolute Gasteiger partial charge is 0.417 e. The van der Waals surface area contributed by atoms with E-state index in [1.165, 1.54) is 30.9 Å². The summed E-state index contributed by atoms with van der Waals surface area (Å²) in [5.41, 5.74) is 0.907. The zero-order valence-electron chi connectivity index (χ0n) is 18.7. The number of alkyl halides is 3. The predicted octanol–water partition coefficient (Wildman–Crippen LogP) is 5.26. The number of benzene rings is 2. The summed E-state index contributed by atoms with van der Waals surface area (Å²) in [4.78, 5) is 41.6. The van der Waals surface area contributed by atoms with Gasteiger partial charge in [0, 0.05) is 16.9 Å². The van der Waals surface area contributed by atoms with Crippen LogP contribution < -0.4 is 10.6 Å². The maximum Gasteiger partial charge on any atom is 0.417 e. The summed E-state index contributed by atoms with van der Waals surface area (Å²) in [6.07, 6.45) is -0.642. The first kappa shape index (κ1) is 23.7. The van der Waals surface area contributed by atoms with Gasteiger partial charge in [-0.1, -0.05) is 17.7 Å². The van der Waals surface area contributed by atoms with E-state index in [9.17, 15) is 22.8 Å². The predicted molar refractivity (Wildman–Crippen MR) is 127 cm³/mol. The summed E-state index contributed by atoms with van der Waals surface area (Å²) in [6.45, 7) is 1.77. The number of rotatable bonds is 5. The summed E-state index contributed by atoms with van der Waals surface area (Å²) in [7, 11) is 0. The number of nitrogens with one attached hydrogen (secondary N) is 3. The minimum atomic E-state index is -4.66. The molecule has 5 rings (SSSR count). The van der Waals surface area contributed by atoms with E-state index in [2.05, 4.69) is 30.6 Å². The van der Waals surface area contributed by atoms with Crippen LogP contribution in [0.5, 0.6) is 0 Å². The number of nitrogens with zero attached hydrogens (tertiary/aromatic N) is 3. The number of amides is 2. The van der Waals surface area contributed by atoms with Crippen molar-refractivity contribution in [1.29, 1.82) is 0 Å². The molecule has 0 aliphatic heterocycles. The van der Waals surface area contributed by atoms with Gasteiger partial charge in [-0.25, -0.2) is 15.0 Å². The number of hydrogen-bond donors (Lipinski definition) is 3. The first-order valence-corrected chi connectivity index (χ1v) is 11.2. The lowest BCUT2D eigenvalue weighted by molar-refractivity contribution is -0.137. The van der Waals surface area contributed by atoms with Gasteiger partial charge in [-0.2, -0.15) is 13.2 Å². The van der Waals surface area contributed by atoms with E-state index in [0.29, 0.717) is 41.0 Å². The Hall–Kier alpha value is -3.99. The van der Waals surface area contributed by atoms with Crippen molar-refractivity contribution in [2.24, 2.45) is 0 Å². The third-order valence-electron chi connectivity index (χ3n) is 6.14. The smallest absolute Gasteiger partial charge is 0.342 e. The fraction of sp³-hybridized carbons (Fsp3) is 0.208. The van der Waals surface area contributed by atoms with Gasteiger partial charge < -0.3 is 15.6 Å². The van der Waals surface area contributed by atoms with Gasteiger partial charge in [0.15, 0.2) is 5.65 Å². The fourth-order valence-corrected chi connectivity index (χ4v) is 4.21. The van der Waals surface area contributed by atoms with Gasteiger partial charge in [0.05, 0.1) is 28.0 Å². The topological polar surface area (TPSA) is 113 Å². The third-order valence-corrected chi connectivity index (χ3v) is 6.47. The average Bonchev–Trinajstić information content (AvgIpc) is 3.50. The molecule has 3 N–H and O–H groups in total. The standard InChI is InChI=1S/C24H18ClF3N6O2/c1-12-2-3-13(21(35)33-14-4-5-16(25)15(9-14)24(26,27)28)8-17(12)34-22(36)23(6-7-23)19-18-20(31-10-29-18)32-11-30-19/h2-5,8-11H,6-7H2,1H3,(H,33,35)(H,34,36)(H,29,30,31,32). The number of hydrogen-bond acceptors (Lipinski definition) is 5. The number of carbonyl (C=O) groups excluding carboxylic acids is 2. The van der Waals surface area contributed by atoms with Crippen LogP contribution in [-0.2, 0) is 16.4 Å². The van der Waals surface area contributed by atoms with E-state index in [-0.39, 0.29) is 17.2 Å². The summed E-state index contributed by atoms with van der Waals surface area (Å²) in [5, 5.41) is 4.86. The van der Waals surface area contributed by atoms with Crippen LogP contribution in [0, 0.1) is 6.92 Å². The number of aryl methyl sites for hydroxylation is 1. The van der Waals surface area contributed by atoms with Gasteiger partial charge in [0.2, 0.25) is 5.91 Å². The maximum atomic E-state index is 13.3. The lowest BCUT2D eigenvalue weighted by Crippen LogP contribution is -2.29. The molecule has 1 fully saturated rings. The van der Waals surface area contributed by atoms with Gasteiger partial charge in [-0.15, -0.1) is 0 Å². The Morgan fingerprint density at radius 2 is 1.83 bits per heavy atom. The van der Waals surface area contributed by atoms with Crippen LogP contribution in [0.15, 0.2) is 49.1 Å². The van der Waals surface area contributed by atoms with Crippen molar-refractivity contribution in [3.05, 3.63) is 76.5 Å². The summed E-state index contributed by atoms with van der Waals surface area (Å²) in [5.74, 6) is -0.928. The summed E-state index contributed by atoms with van der Waals surface area (Å²) in [6, 6.07) is 7.76. The lowest BCUT2D eigenvalue weighted by atomic mass is 9.99.